The average Bonchev–Trinajstić information content (AvgIpc) is 2.37. The van der Waals surface area contributed by atoms with Crippen LogP contribution in [0.2, 0.25) is 0 Å². The molecule has 0 spiro atoms. The third-order valence-corrected chi connectivity index (χ3v) is 2.71. The first-order chi connectivity index (χ1) is 8.67. The second-order valence-electron chi connectivity index (χ2n) is 3.87. The molecule has 1 aromatic carbocycles. The van der Waals surface area contributed by atoms with Crippen molar-refractivity contribution in [2.24, 2.45) is 0 Å². The molecule has 3 nitrogen and oxygen atoms in total. The molecule has 0 aromatic heterocycles. The van der Waals surface area contributed by atoms with Gasteiger partial charge in [-0.15, -0.1) is 6.58 Å². The summed E-state index contributed by atoms with van der Waals surface area (Å²) in [6, 6.07) is 8.18. The van der Waals surface area contributed by atoms with E-state index in [0.29, 0.717) is 18.3 Å². The Labute approximate surface area is 114 Å². The standard InChI is InChI=1S/C14H20N2OS/c1-4-10-15-14(18)16-11(3)12-6-8-13(9-7-12)17-5-2/h4,6-9,11H,1,5,10H2,2-3H3,(H2,15,16,18)/t11-/m0/s1. The molecule has 0 aliphatic heterocycles. The Bertz CT molecular complexity index is 389. The van der Waals surface area contributed by atoms with Crippen LogP contribution < -0.4 is 15.4 Å². The lowest BCUT2D eigenvalue weighted by atomic mass is 10.1. The maximum Gasteiger partial charge on any atom is 0.167 e. The Kier molecular flexibility index (Phi) is 6.22. The summed E-state index contributed by atoms with van der Waals surface area (Å²) in [6.45, 7) is 9.03. The molecular formula is C14H20N2OS. The minimum atomic E-state index is 0.158. The third-order valence-electron chi connectivity index (χ3n) is 2.45. The van der Waals surface area contributed by atoms with Crippen molar-refractivity contribution in [1.29, 1.82) is 0 Å². The van der Waals surface area contributed by atoms with Crippen molar-refractivity contribution in [1.82, 2.24) is 10.6 Å². The summed E-state index contributed by atoms with van der Waals surface area (Å²) in [5.41, 5.74) is 1.17. The number of nitrogens with one attached hydrogen (secondary N) is 2. The van der Waals surface area contributed by atoms with Gasteiger partial charge in [-0.3, -0.25) is 0 Å². The molecule has 0 unspecified atom stereocenters. The van der Waals surface area contributed by atoms with Crippen molar-refractivity contribution >= 4 is 17.3 Å². The van der Waals surface area contributed by atoms with Crippen molar-refractivity contribution in [2.75, 3.05) is 13.2 Å². The second kappa shape index (κ2) is 7.71. The van der Waals surface area contributed by atoms with Gasteiger partial charge in [0, 0.05) is 6.54 Å². The normalized spacial score (nSPS) is 11.4. The van der Waals surface area contributed by atoms with Gasteiger partial charge in [0.15, 0.2) is 5.11 Å². The maximum atomic E-state index is 5.41. The van der Waals surface area contributed by atoms with Crippen LogP contribution in [-0.4, -0.2) is 18.3 Å². The SMILES string of the molecule is C=CCNC(=S)N[C@@H](C)c1ccc(OCC)cc1. The van der Waals surface area contributed by atoms with E-state index in [0.717, 1.165) is 5.75 Å². The first kappa shape index (κ1) is 14.5. The number of rotatable bonds is 6. The fourth-order valence-corrected chi connectivity index (χ4v) is 1.78. The molecule has 0 aliphatic rings. The van der Waals surface area contributed by atoms with Crippen LogP contribution in [0.15, 0.2) is 36.9 Å². The Morgan fingerprint density at radius 2 is 2.11 bits per heavy atom. The van der Waals surface area contributed by atoms with Gasteiger partial charge < -0.3 is 15.4 Å². The van der Waals surface area contributed by atoms with Crippen molar-refractivity contribution < 1.29 is 4.74 Å². The number of benzene rings is 1. The minimum Gasteiger partial charge on any atom is -0.494 e. The zero-order valence-electron chi connectivity index (χ0n) is 10.9. The monoisotopic (exact) mass is 264 g/mol. The highest BCUT2D eigenvalue weighted by molar-refractivity contribution is 7.80. The van der Waals surface area contributed by atoms with Gasteiger partial charge in [0.05, 0.1) is 12.6 Å². The lowest BCUT2D eigenvalue weighted by Crippen LogP contribution is -2.36. The number of hydrogen-bond donors (Lipinski definition) is 2. The van der Waals surface area contributed by atoms with Gasteiger partial charge in [-0.1, -0.05) is 18.2 Å². The van der Waals surface area contributed by atoms with Crippen LogP contribution in [0.25, 0.3) is 0 Å². The van der Waals surface area contributed by atoms with Crippen LogP contribution in [-0.2, 0) is 0 Å². The average molecular weight is 264 g/mol. The smallest absolute Gasteiger partial charge is 0.167 e. The van der Waals surface area contributed by atoms with Gasteiger partial charge in [-0.05, 0) is 43.8 Å². The molecule has 0 aliphatic carbocycles. The molecule has 0 saturated carbocycles. The van der Waals surface area contributed by atoms with Gasteiger partial charge in [-0.2, -0.15) is 0 Å². The van der Waals surface area contributed by atoms with Crippen molar-refractivity contribution in [3.8, 4) is 5.75 Å². The van der Waals surface area contributed by atoms with Gasteiger partial charge in [0.2, 0.25) is 0 Å². The number of thiocarbonyl (C=S) groups is 1. The van der Waals surface area contributed by atoms with E-state index in [1.54, 1.807) is 6.08 Å². The number of ether oxygens (including phenoxy) is 1. The van der Waals surface area contributed by atoms with E-state index in [9.17, 15) is 0 Å². The van der Waals surface area contributed by atoms with Crippen LogP contribution in [0, 0.1) is 0 Å². The summed E-state index contributed by atoms with van der Waals surface area (Å²) in [4.78, 5) is 0. The molecule has 1 aromatic rings. The zero-order chi connectivity index (χ0) is 13.4. The van der Waals surface area contributed by atoms with E-state index in [1.807, 2.05) is 31.2 Å². The Hall–Kier alpha value is -1.55. The summed E-state index contributed by atoms with van der Waals surface area (Å²) in [5, 5.41) is 6.89. The molecule has 0 radical (unpaired) electrons. The largest absolute Gasteiger partial charge is 0.494 e. The first-order valence-corrected chi connectivity index (χ1v) is 6.46. The second-order valence-corrected chi connectivity index (χ2v) is 4.28. The summed E-state index contributed by atoms with van der Waals surface area (Å²) in [7, 11) is 0. The van der Waals surface area contributed by atoms with Gasteiger partial charge in [-0.25, -0.2) is 0 Å². The molecule has 1 rings (SSSR count). The molecule has 98 valence electrons. The Morgan fingerprint density at radius 3 is 2.67 bits per heavy atom. The Morgan fingerprint density at radius 1 is 1.44 bits per heavy atom. The molecule has 0 heterocycles. The topological polar surface area (TPSA) is 33.3 Å². The molecule has 0 saturated heterocycles. The van der Waals surface area contributed by atoms with Crippen molar-refractivity contribution in [3.63, 3.8) is 0 Å². The lowest BCUT2D eigenvalue weighted by Gasteiger charge is -2.17. The van der Waals surface area contributed by atoms with E-state index < -0.39 is 0 Å². The molecule has 0 fully saturated rings. The highest BCUT2D eigenvalue weighted by atomic mass is 32.1. The highest BCUT2D eigenvalue weighted by Crippen LogP contribution is 2.17. The van der Waals surface area contributed by atoms with E-state index in [-0.39, 0.29) is 6.04 Å². The molecule has 2 N–H and O–H groups in total. The molecule has 0 bridgehead atoms. The van der Waals surface area contributed by atoms with Crippen LogP contribution in [0.1, 0.15) is 25.5 Å². The molecule has 4 heteroatoms. The molecule has 0 amide bonds. The van der Waals surface area contributed by atoms with Crippen LogP contribution in [0.5, 0.6) is 5.75 Å². The molecule has 1 atom stereocenters. The quantitative estimate of drug-likeness (QED) is 0.611. The van der Waals surface area contributed by atoms with Crippen molar-refractivity contribution in [2.45, 2.75) is 19.9 Å². The molecular weight excluding hydrogens is 244 g/mol. The Balaban J connectivity index is 2.52. The highest BCUT2D eigenvalue weighted by Gasteiger charge is 2.06. The molecule has 18 heavy (non-hydrogen) atoms. The summed E-state index contributed by atoms with van der Waals surface area (Å²) >= 11 is 5.17. The summed E-state index contributed by atoms with van der Waals surface area (Å²) < 4.78 is 5.41. The third kappa shape index (κ3) is 4.75. The van der Waals surface area contributed by atoms with Crippen LogP contribution in [0.3, 0.4) is 0 Å². The van der Waals surface area contributed by atoms with Gasteiger partial charge >= 0.3 is 0 Å². The minimum absolute atomic E-state index is 0.158. The summed E-state index contributed by atoms with van der Waals surface area (Å²) in [5.74, 6) is 0.890. The van der Waals surface area contributed by atoms with E-state index in [4.69, 9.17) is 17.0 Å². The van der Waals surface area contributed by atoms with E-state index in [1.165, 1.54) is 5.56 Å². The predicted molar refractivity (Wildman–Crippen MR) is 80.0 cm³/mol. The zero-order valence-corrected chi connectivity index (χ0v) is 11.7. The fraction of sp³-hybridized carbons (Fsp3) is 0.357. The maximum absolute atomic E-state index is 5.41. The lowest BCUT2D eigenvalue weighted by molar-refractivity contribution is 0.340. The van der Waals surface area contributed by atoms with Crippen LogP contribution in [0.4, 0.5) is 0 Å². The van der Waals surface area contributed by atoms with Crippen molar-refractivity contribution in [3.05, 3.63) is 42.5 Å². The predicted octanol–water partition coefficient (Wildman–Crippen LogP) is 2.80. The van der Waals surface area contributed by atoms with Gasteiger partial charge in [0.1, 0.15) is 5.75 Å². The first-order valence-electron chi connectivity index (χ1n) is 6.05. The summed E-state index contributed by atoms with van der Waals surface area (Å²) in [6.07, 6.45) is 1.77. The van der Waals surface area contributed by atoms with Gasteiger partial charge in [0.25, 0.3) is 0 Å². The van der Waals surface area contributed by atoms with Crippen LogP contribution >= 0.6 is 12.2 Å². The van der Waals surface area contributed by atoms with E-state index >= 15 is 0 Å². The number of hydrogen-bond acceptors (Lipinski definition) is 2. The van der Waals surface area contributed by atoms with E-state index in [2.05, 4.69) is 24.1 Å². The fourth-order valence-electron chi connectivity index (χ4n) is 1.52.